The lowest BCUT2D eigenvalue weighted by atomic mass is 10.0. The SMILES string of the molecule is Cc1cc(C)c(C)c(S(=O)(=O)N2CCN(C(=O)c3cc(Cl)ccc3[N+](=O)[O-])CC2)c1C. The Hall–Kier alpha value is -2.49. The average Bonchev–Trinajstić information content (AvgIpc) is 2.71. The van der Waals surface area contributed by atoms with Crippen molar-refractivity contribution in [1.29, 1.82) is 0 Å². The molecule has 10 heteroatoms. The van der Waals surface area contributed by atoms with E-state index < -0.39 is 20.9 Å². The zero-order valence-electron chi connectivity index (χ0n) is 17.8. The maximum atomic E-state index is 13.4. The molecule has 1 aliphatic rings. The van der Waals surface area contributed by atoms with Crippen molar-refractivity contribution in [3.8, 4) is 0 Å². The van der Waals surface area contributed by atoms with Crippen LogP contribution >= 0.6 is 11.6 Å². The number of benzene rings is 2. The summed E-state index contributed by atoms with van der Waals surface area (Å²) in [7, 11) is -3.74. The van der Waals surface area contributed by atoms with Gasteiger partial charge < -0.3 is 4.90 Å². The number of hydrogen-bond donors (Lipinski definition) is 0. The Kier molecular flexibility index (Phi) is 6.40. The molecule has 2 aromatic rings. The first-order valence-electron chi connectivity index (χ1n) is 9.76. The van der Waals surface area contributed by atoms with Gasteiger partial charge in [0.15, 0.2) is 0 Å². The molecule has 0 N–H and O–H groups in total. The number of nitrogens with zero attached hydrogens (tertiary/aromatic N) is 3. The summed E-state index contributed by atoms with van der Waals surface area (Å²) in [5.41, 5.74) is 2.82. The number of piperazine rings is 1. The molecule has 0 spiro atoms. The molecule has 0 unspecified atom stereocenters. The molecule has 166 valence electrons. The van der Waals surface area contributed by atoms with E-state index in [0.717, 1.165) is 22.3 Å². The van der Waals surface area contributed by atoms with Crippen LogP contribution < -0.4 is 0 Å². The predicted molar refractivity (Wildman–Crippen MR) is 118 cm³/mol. The van der Waals surface area contributed by atoms with Gasteiger partial charge in [0.05, 0.1) is 9.82 Å². The molecular formula is C21H24ClN3O5S. The summed E-state index contributed by atoms with van der Waals surface area (Å²) < 4.78 is 28.1. The zero-order chi connectivity index (χ0) is 23.1. The largest absolute Gasteiger partial charge is 0.336 e. The Morgan fingerprint density at radius 2 is 1.55 bits per heavy atom. The molecule has 3 rings (SSSR count). The third-order valence-corrected chi connectivity index (χ3v) is 8.21. The monoisotopic (exact) mass is 465 g/mol. The quantitative estimate of drug-likeness (QED) is 0.507. The number of rotatable bonds is 4. The Labute approximate surface area is 186 Å². The standard InChI is InChI=1S/C21H24ClN3O5S/c1-13-11-14(2)16(4)20(15(13)3)31(29,30)24-9-7-23(8-10-24)21(26)18-12-17(22)5-6-19(18)25(27)28/h5-6,11-12H,7-10H2,1-4H3. The molecule has 0 atom stereocenters. The van der Waals surface area contributed by atoms with Crippen LogP contribution in [0.5, 0.6) is 0 Å². The van der Waals surface area contributed by atoms with Crippen molar-refractivity contribution in [2.45, 2.75) is 32.6 Å². The fourth-order valence-corrected chi connectivity index (χ4v) is 6.01. The highest BCUT2D eigenvalue weighted by molar-refractivity contribution is 7.89. The third-order valence-electron chi connectivity index (χ3n) is 5.81. The number of halogens is 1. The molecule has 0 saturated carbocycles. The van der Waals surface area contributed by atoms with Gasteiger partial charge in [-0.25, -0.2) is 8.42 Å². The first-order chi connectivity index (χ1) is 14.4. The van der Waals surface area contributed by atoms with Crippen molar-refractivity contribution in [2.24, 2.45) is 0 Å². The van der Waals surface area contributed by atoms with Crippen LogP contribution in [0.2, 0.25) is 5.02 Å². The highest BCUT2D eigenvalue weighted by Crippen LogP contribution is 2.30. The lowest BCUT2D eigenvalue weighted by Crippen LogP contribution is -2.50. The van der Waals surface area contributed by atoms with E-state index in [-0.39, 0.29) is 42.5 Å². The number of aryl methyl sites for hydroxylation is 2. The smallest absolute Gasteiger partial charge is 0.282 e. The predicted octanol–water partition coefficient (Wildman–Crippen LogP) is 3.63. The molecule has 1 fully saturated rings. The van der Waals surface area contributed by atoms with Crippen LogP contribution in [0.3, 0.4) is 0 Å². The maximum absolute atomic E-state index is 13.4. The van der Waals surface area contributed by atoms with Crippen LogP contribution in [-0.2, 0) is 10.0 Å². The van der Waals surface area contributed by atoms with Crippen LogP contribution in [0.25, 0.3) is 0 Å². The second-order valence-corrected chi connectivity index (χ2v) is 10.0. The molecule has 0 aliphatic carbocycles. The van der Waals surface area contributed by atoms with E-state index in [4.69, 9.17) is 11.6 Å². The van der Waals surface area contributed by atoms with Crippen molar-refractivity contribution >= 4 is 33.2 Å². The Bertz CT molecular complexity index is 1150. The van der Waals surface area contributed by atoms with E-state index >= 15 is 0 Å². The molecule has 1 amide bonds. The minimum atomic E-state index is -3.74. The summed E-state index contributed by atoms with van der Waals surface area (Å²) in [4.78, 5) is 25.3. The summed E-state index contributed by atoms with van der Waals surface area (Å²) >= 11 is 5.93. The summed E-state index contributed by atoms with van der Waals surface area (Å²) in [6, 6.07) is 5.79. The first-order valence-corrected chi connectivity index (χ1v) is 11.6. The number of nitro benzene ring substituents is 1. The molecular weight excluding hydrogens is 442 g/mol. The van der Waals surface area contributed by atoms with E-state index in [0.29, 0.717) is 4.90 Å². The summed E-state index contributed by atoms with van der Waals surface area (Å²) in [5, 5.41) is 11.5. The van der Waals surface area contributed by atoms with Crippen LogP contribution in [0.15, 0.2) is 29.2 Å². The maximum Gasteiger partial charge on any atom is 0.282 e. The Morgan fingerprint density at radius 1 is 1.00 bits per heavy atom. The fraction of sp³-hybridized carbons (Fsp3) is 0.381. The van der Waals surface area contributed by atoms with Gasteiger partial charge in [-0.15, -0.1) is 0 Å². The van der Waals surface area contributed by atoms with Crippen molar-refractivity contribution in [1.82, 2.24) is 9.21 Å². The second kappa shape index (κ2) is 8.57. The first kappa shape index (κ1) is 23.2. The fourth-order valence-electron chi connectivity index (χ4n) is 3.84. The Balaban J connectivity index is 1.84. The second-order valence-electron chi connectivity index (χ2n) is 7.70. The topological polar surface area (TPSA) is 101 Å². The van der Waals surface area contributed by atoms with Gasteiger partial charge in [0, 0.05) is 37.3 Å². The van der Waals surface area contributed by atoms with Gasteiger partial charge in [-0.3, -0.25) is 14.9 Å². The van der Waals surface area contributed by atoms with Crippen LogP contribution in [0.4, 0.5) is 5.69 Å². The molecule has 8 nitrogen and oxygen atoms in total. The highest BCUT2D eigenvalue weighted by Gasteiger charge is 2.34. The van der Waals surface area contributed by atoms with Gasteiger partial charge in [0.25, 0.3) is 11.6 Å². The zero-order valence-corrected chi connectivity index (χ0v) is 19.4. The number of amides is 1. The van der Waals surface area contributed by atoms with Crippen molar-refractivity contribution < 1.29 is 18.1 Å². The molecule has 0 aromatic heterocycles. The van der Waals surface area contributed by atoms with E-state index in [1.54, 1.807) is 13.8 Å². The number of carbonyl (C=O) groups excluding carboxylic acids is 1. The summed E-state index contributed by atoms with van der Waals surface area (Å²) in [5.74, 6) is -0.537. The number of sulfonamides is 1. The van der Waals surface area contributed by atoms with Crippen molar-refractivity contribution in [2.75, 3.05) is 26.2 Å². The van der Waals surface area contributed by atoms with Crippen molar-refractivity contribution in [3.63, 3.8) is 0 Å². The minimum Gasteiger partial charge on any atom is -0.336 e. The Morgan fingerprint density at radius 3 is 2.06 bits per heavy atom. The van der Waals surface area contributed by atoms with Gasteiger partial charge in [0.1, 0.15) is 5.56 Å². The molecule has 0 bridgehead atoms. The van der Waals surface area contributed by atoms with E-state index in [2.05, 4.69) is 0 Å². The molecule has 2 aromatic carbocycles. The van der Waals surface area contributed by atoms with Gasteiger partial charge in [0.2, 0.25) is 10.0 Å². The lowest BCUT2D eigenvalue weighted by molar-refractivity contribution is -0.385. The average molecular weight is 466 g/mol. The number of nitro groups is 1. The lowest BCUT2D eigenvalue weighted by Gasteiger charge is -2.34. The highest BCUT2D eigenvalue weighted by atomic mass is 35.5. The van der Waals surface area contributed by atoms with E-state index in [9.17, 15) is 23.3 Å². The van der Waals surface area contributed by atoms with E-state index in [1.807, 2.05) is 19.9 Å². The number of hydrogen-bond acceptors (Lipinski definition) is 5. The van der Waals surface area contributed by atoms with E-state index in [1.165, 1.54) is 27.4 Å². The third kappa shape index (κ3) is 4.30. The van der Waals surface area contributed by atoms with Gasteiger partial charge in [-0.05, 0) is 62.1 Å². The molecule has 31 heavy (non-hydrogen) atoms. The van der Waals surface area contributed by atoms with Crippen LogP contribution in [0.1, 0.15) is 32.6 Å². The molecule has 1 saturated heterocycles. The normalized spacial score (nSPS) is 15.2. The summed E-state index contributed by atoms with van der Waals surface area (Å²) in [6.07, 6.45) is 0. The summed E-state index contributed by atoms with van der Waals surface area (Å²) in [6.45, 7) is 7.84. The number of carbonyl (C=O) groups is 1. The van der Waals surface area contributed by atoms with Crippen molar-refractivity contribution in [3.05, 3.63) is 67.2 Å². The molecule has 0 radical (unpaired) electrons. The van der Waals surface area contributed by atoms with Crippen LogP contribution in [-0.4, -0.2) is 54.6 Å². The molecule has 1 aliphatic heterocycles. The van der Waals surface area contributed by atoms with Gasteiger partial charge in [-0.1, -0.05) is 17.7 Å². The minimum absolute atomic E-state index is 0.102. The van der Waals surface area contributed by atoms with Gasteiger partial charge in [-0.2, -0.15) is 4.31 Å². The van der Waals surface area contributed by atoms with Gasteiger partial charge >= 0.3 is 0 Å². The molecule has 1 heterocycles. The van der Waals surface area contributed by atoms with Crippen LogP contribution in [0, 0.1) is 37.8 Å².